The maximum absolute atomic E-state index is 11.5. The number of hydrogen-bond acceptors (Lipinski definition) is 5. The van der Waals surface area contributed by atoms with Crippen molar-refractivity contribution in [3.8, 4) is 17.4 Å². The SMILES string of the molecule is Cc1cc(-c2ccc(C=C(C#N)c3nc4ccccc4[nH]3)o2)c([N+](=O)[O-])cc1C. The van der Waals surface area contributed by atoms with Crippen LogP contribution >= 0.6 is 0 Å². The monoisotopic (exact) mass is 384 g/mol. The number of furan rings is 1. The Balaban J connectivity index is 1.75. The normalized spacial score (nSPS) is 11.6. The number of nitriles is 1. The largest absolute Gasteiger partial charge is 0.456 e. The third-order valence-corrected chi connectivity index (χ3v) is 4.75. The van der Waals surface area contributed by atoms with Crippen LogP contribution in [0.2, 0.25) is 0 Å². The molecule has 0 spiro atoms. The second-order valence-electron chi connectivity index (χ2n) is 6.69. The fourth-order valence-corrected chi connectivity index (χ4v) is 3.10. The van der Waals surface area contributed by atoms with Crippen LogP contribution in [0.4, 0.5) is 5.69 Å². The Morgan fingerprint density at radius 2 is 1.97 bits per heavy atom. The lowest BCUT2D eigenvalue weighted by Gasteiger charge is -2.04. The van der Waals surface area contributed by atoms with E-state index >= 15 is 0 Å². The molecule has 0 radical (unpaired) electrons. The summed E-state index contributed by atoms with van der Waals surface area (Å²) in [5.41, 5.74) is 4.04. The van der Waals surface area contributed by atoms with E-state index in [1.807, 2.05) is 38.1 Å². The van der Waals surface area contributed by atoms with Crippen molar-refractivity contribution in [2.24, 2.45) is 0 Å². The van der Waals surface area contributed by atoms with Crippen LogP contribution in [-0.2, 0) is 0 Å². The second kappa shape index (κ2) is 7.09. The van der Waals surface area contributed by atoms with Crippen LogP contribution in [0.3, 0.4) is 0 Å². The van der Waals surface area contributed by atoms with Gasteiger partial charge in [0.15, 0.2) is 0 Å². The number of aromatic nitrogens is 2. The molecule has 29 heavy (non-hydrogen) atoms. The van der Waals surface area contributed by atoms with E-state index in [-0.39, 0.29) is 5.69 Å². The standard InChI is InChI=1S/C22H16N4O3/c1-13-9-17(20(26(27)28)10-14(13)2)21-8-7-16(29-21)11-15(12-23)22-24-18-5-3-4-6-19(18)25-22/h3-11H,1-2H3,(H,24,25). The first kappa shape index (κ1) is 18.2. The van der Waals surface area contributed by atoms with Crippen LogP contribution in [0.1, 0.15) is 22.7 Å². The molecule has 0 aliphatic heterocycles. The number of hydrogen-bond donors (Lipinski definition) is 1. The molecule has 7 heteroatoms. The van der Waals surface area contributed by atoms with Gasteiger partial charge in [0.1, 0.15) is 23.4 Å². The third-order valence-electron chi connectivity index (χ3n) is 4.75. The fourth-order valence-electron chi connectivity index (χ4n) is 3.10. The highest BCUT2D eigenvalue weighted by Crippen LogP contribution is 2.34. The lowest BCUT2D eigenvalue weighted by atomic mass is 10.0. The number of nitro groups is 1. The van der Waals surface area contributed by atoms with Gasteiger partial charge < -0.3 is 9.40 Å². The van der Waals surface area contributed by atoms with E-state index in [1.54, 1.807) is 24.3 Å². The molecule has 2 aromatic heterocycles. The molecule has 1 N–H and O–H groups in total. The Kier molecular flexibility index (Phi) is 4.45. The van der Waals surface area contributed by atoms with Crippen molar-refractivity contribution in [3.63, 3.8) is 0 Å². The summed E-state index contributed by atoms with van der Waals surface area (Å²) in [6, 6.07) is 16.2. The van der Waals surface area contributed by atoms with Crippen LogP contribution in [0.5, 0.6) is 0 Å². The Bertz CT molecular complexity index is 1290. The van der Waals surface area contributed by atoms with Gasteiger partial charge >= 0.3 is 0 Å². The van der Waals surface area contributed by atoms with E-state index in [0.29, 0.717) is 28.5 Å². The molecule has 0 saturated carbocycles. The van der Waals surface area contributed by atoms with Crippen molar-refractivity contribution < 1.29 is 9.34 Å². The Labute approximate surface area is 166 Å². The molecular weight excluding hydrogens is 368 g/mol. The lowest BCUT2D eigenvalue weighted by Crippen LogP contribution is -1.94. The molecule has 0 saturated heterocycles. The van der Waals surface area contributed by atoms with Crippen LogP contribution in [0.15, 0.2) is 52.9 Å². The molecule has 0 amide bonds. The van der Waals surface area contributed by atoms with Crippen LogP contribution < -0.4 is 0 Å². The maximum Gasteiger partial charge on any atom is 0.280 e. The average Bonchev–Trinajstić information content (AvgIpc) is 3.34. The van der Waals surface area contributed by atoms with Gasteiger partial charge in [0.2, 0.25) is 0 Å². The molecule has 0 atom stereocenters. The molecule has 2 heterocycles. The van der Waals surface area contributed by atoms with Gasteiger partial charge in [-0.25, -0.2) is 4.98 Å². The van der Waals surface area contributed by atoms with Crippen molar-refractivity contribution in [2.75, 3.05) is 0 Å². The molecule has 0 aliphatic carbocycles. The first-order chi connectivity index (χ1) is 14.0. The minimum atomic E-state index is -0.422. The van der Waals surface area contributed by atoms with E-state index in [1.165, 1.54) is 6.07 Å². The number of H-pyrrole nitrogens is 1. The predicted molar refractivity (Wildman–Crippen MR) is 110 cm³/mol. The smallest absolute Gasteiger partial charge is 0.280 e. The van der Waals surface area contributed by atoms with E-state index in [0.717, 1.165) is 22.2 Å². The van der Waals surface area contributed by atoms with Crippen molar-refractivity contribution in [1.29, 1.82) is 5.26 Å². The van der Waals surface area contributed by atoms with E-state index < -0.39 is 4.92 Å². The summed E-state index contributed by atoms with van der Waals surface area (Å²) < 4.78 is 5.81. The van der Waals surface area contributed by atoms with Crippen molar-refractivity contribution in [2.45, 2.75) is 13.8 Å². The highest BCUT2D eigenvalue weighted by Gasteiger charge is 2.20. The highest BCUT2D eigenvalue weighted by atomic mass is 16.6. The minimum absolute atomic E-state index is 0.0178. The quantitative estimate of drug-likeness (QED) is 0.287. The Morgan fingerprint density at radius 3 is 2.69 bits per heavy atom. The molecule has 4 aromatic rings. The van der Waals surface area contributed by atoms with Gasteiger partial charge in [0, 0.05) is 12.1 Å². The van der Waals surface area contributed by atoms with Crippen LogP contribution in [0.25, 0.3) is 34.0 Å². The second-order valence-corrected chi connectivity index (χ2v) is 6.69. The average molecular weight is 384 g/mol. The van der Waals surface area contributed by atoms with Crippen molar-refractivity contribution in [1.82, 2.24) is 9.97 Å². The molecule has 7 nitrogen and oxygen atoms in total. The first-order valence-electron chi connectivity index (χ1n) is 8.89. The molecule has 142 valence electrons. The fraction of sp³-hybridized carbons (Fsp3) is 0.0909. The molecule has 0 aliphatic rings. The van der Waals surface area contributed by atoms with Gasteiger partial charge in [-0.2, -0.15) is 5.26 Å². The summed E-state index contributed by atoms with van der Waals surface area (Å²) in [6.45, 7) is 3.72. The number of imidazole rings is 1. The van der Waals surface area contributed by atoms with Gasteiger partial charge in [-0.3, -0.25) is 10.1 Å². The number of fused-ring (bicyclic) bond motifs is 1. The molecule has 0 fully saturated rings. The van der Waals surface area contributed by atoms with Gasteiger partial charge in [-0.05, 0) is 55.3 Å². The zero-order valence-corrected chi connectivity index (χ0v) is 15.8. The maximum atomic E-state index is 11.5. The summed E-state index contributed by atoms with van der Waals surface area (Å²) >= 11 is 0. The first-order valence-corrected chi connectivity index (χ1v) is 8.89. The zero-order valence-electron chi connectivity index (χ0n) is 15.8. The Morgan fingerprint density at radius 1 is 1.21 bits per heavy atom. The zero-order chi connectivity index (χ0) is 20.5. The van der Waals surface area contributed by atoms with Crippen LogP contribution in [0, 0.1) is 35.3 Å². The van der Waals surface area contributed by atoms with Gasteiger partial charge in [0.25, 0.3) is 5.69 Å². The van der Waals surface area contributed by atoms with E-state index in [2.05, 4.69) is 16.0 Å². The van der Waals surface area contributed by atoms with Gasteiger partial charge in [-0.15, -0.1) is 0 Å². The number of benzene rings is 2. The van der Waals surface area contributed by atoms with Crippen molar-refractivity contribution in [3.05, 3.63) is 81.4 Å². The summed E-state index contributed by atoms with van der Waals surface area (Å²) in [5.74, 6) is 1.21. The molecule has 4 rings (SSSR count). The molecule has 0 bridgehead atoms. The molecule has 2 aromatic carbocycles. The third kappa shape index (κ3) is 3.39. The van der Waals surface area contributed by atoms with Crippen LogP contribution in [-0.4, -0.2) is 14.9 Å². The number of para-hydroxylation sites is 2. The number of nitrogens with zero attached hydrogens (tertiary/aromatic N) is 3. The number of aromatic amines is 1. The number of nitro benzene ring substituents is 1. The van der Waals surface area contributed by atoms with Gasteiger partial charge in [0.05, 0.1) is 27.1 Å². The number of rotatable bonds is 4. The summed E-state index contributed by atoms with van der Waals surface area (Å²) in [6.07, 6.45) is 1.56. The molecular formula is C22H16N4O3. The Hall–Kier alpha value is -4.18. The van der Waals surface area contributed by atoms with Gasteiger partial charge in [-0.1, -0.05) is 12.1 Å². The molecule has 0 unspecified atom stereocenters. The highest BCUT2D eigenvalue weighted by molar-refractivity contribution is 5.89. The minimum Gasteiger partial charge on any atom is -0.456 e. The summed E-state index contributed by atoms with van der Waals surface area (Å²) in [5, 5.41) is 21.0. The summed E-state index contributed by atoms with van der Waals surface area (Å²) in [4.78, 5) is 18.6. The van der Waals surface area contributed by atoms with E-state index in [4.69, 9.17) is 4.42 Å². The topological polar surface area (TPSA) is 109 Å². The van der Waals surface area contributed by atoms with E-state index in [9.17, 15) is 15.4 Å². The van der Waals surface area contributed by atoms with Crippen molar-refractivity contribution >= 4 is 28.4 Å². The number of nitrogens with one attached hydrogen (secondary N) is 1. The predicted octanol–water partition coefficient (Wildman–Crippen LogP) is 5.41. The number of allylic oxidation sites excluding steroid dienone is 1. The lowest BCUT2D eigenvalue weighted by molar-refractivity contribution is -0.384. The number of aryl methyl sites for hydroxylation is 2. The summed E-state index contributed by atoms with van der Waals surface area (Å²) in [7, 11) is 0.